The van der Waals surface area contributed by atoms with E-state index in [1.165, 1.54) is 0 Å². The maximum Gasteiger partial charge on any atom is 0.216 e. The number of nitrogens with zero attached hydrogens (tertiary/aromatic N) is 1. The van der Waals surface area contributed by atoms with E-state index in [0.717, 1.165) is 17.1 Å². The lowest BCUT2D eigenvalue weighted by molar-refractivity contribution is 0.0572. The van der Waals surface area contributed by atoms with Crippen LogP contribution in [-0.2, 0) is 14.8 Å². The fourth-order valence-corrected chi connectivity index (χ4v) is 3.78. The monoisotopic (exact) mass is 251 g/mol. The van der Waals surface area contributed by atoms with Gasteiger partial charge >= 0.3 is 0 Å². The molecule has 7 heteroatoms. The molecule has 0 aromatic heterocycles. The topological polar surface area (TPSA) is 87.1 Å². The van der Waals surface area contributed by atoms with E-state index in [0.29, 0.717) is 6.61 Å². The minimum atomic E-state index is -3.42. The molecule has 3 atom stereocenters. The fourth-order valence-electron chi connectivity index (χ4n) is 2.08. The van der Waals surface area contributed by atoms with Gasteiger partial charge in [-0.2, -0.15) is 4.31 Å². The second-order valence-electron chi connectivity index (χ2n) is 4.37. The zero-order chi connectivity index (χ0) is 11.8. The molecule has 0 radical (unpaired) electrons. The smallest absolute Gasteiger partial charge is 0.216 e. The van der Waals surface area contributed by atoms with Crippen molar-refractivity contribution in [1.82, 2.24) is 4.31 Å². The van der Waals surface area contributed by atoms with E-state index in [9.17, 15) is 18.6 Å². The molecular weight excluding hydrogens is 234 g/mol. The highest BCUT2D eigenvalue weighted by Crippen LogP contribution is 2.19. The molecule has 0 saturated carbocycles. The van der Waals surface area contributed by atoms with Crippen LogP contribution in [0.3, 0.4) is 0 Å². The summed E-state index contributed by atoms with van der Waals surface area (Å²) in [4.78, 5) is 0. The Labute approximate surface area is 94.9 Å². The molecule has 16 heavy (non-hydrogen) atoms. The van der Waals surface area contributed by atoms with Crippen LogP contribution in [0.1, 0.15) is 12.8 Å². The van der Waals surface area contributed by atoms with Crippen molar-refractivity contribution in [2.75, 3.05) is 25.4 Å². The summed E-state index contributed by atoms with van der Waals surface area (Å²) in [6.45, 7) is 0.581. The molecule has 0 bridgehead atoms. The molecule has 0 aromatic carbocycles. The second-order valence-corrected chi connectivity index (χ2v) is 6.38. The van der Waals surface area contributed by atoms with Crippen molar-refractivity contribution < 1.29 is 23.4 Å². The van der Waals surface area contributed by atoms with Crippen LogP contribution in [0.5, 0.6) is 0 Å². The molecule has 0 amide bonds. The molecule has 0 aliphatic carbocycles. The van der Waals surface area contributed by atoms with Crippen LogP contribution >= 0.6 is 0 Å². The first-order valence-electron chi connectivity index (χ1n) is 5.44. The number of β-amino-alcohol motifs (C(OH)–C–C–N with tert-alkyl or cyclic N) is 2. The van der Waals surface area contributed by atoms with E-state index >= 15 is 0 Å². The van der Waals surface area contributed by atoms with Crippen LogP contribution in [0.4, 0.5) is 0 Å². The van der Waals surface area contributed by atoms with Crippen molar-refractivity contribution >= 4 is 10.0 Å². The van der Waals surface area contributed by atoms with Crippen LogP contribution in [0.25, 0.3) is 0 Å². The zero-order valence-corrected chi connectivity index (χ0v) is 9.77. The first kappa shape index (κ1) is 12.3. The average molecular weight is 251 g/mol. The third-order valence-electron chi connectivity index (χ3n) is 3.04. The first-order chi connectivity index (χ1) is 7.49. The Bertz CT molecular complexity index is 328. The number of hydrogen-bond acceptors (Lipinski definition) is 5. The lowest BCUT2D eigenvalue weighted by Gasteiger charge is -2.18. The van der Waals surface area contributed by atoms with Crippen LogP contribution in [0, 0.1) is 0 Å². The molecule has 94 valence electrons. The highest BCUT2D eigenvalue weighted by molar-refractivity contribution is 7.89. The Balaban J connectivity index is 1.96. The number of aliphatic hydroxyl groups excluding tert-OH is 2. The Hall–Kier alpha value is -0.210. The van der Waals surface area contributed by atoms with Crippen molar-refractivity contribution in [3.8, 4) is 0 Å². The first-order valence-corrected chi connectivity index (χ1v) is 7.05. The van der Waals surface area contributed by atoms with Gasteiger partial charge in [0.05, 0.1) is 24.1 Å². The molecule has 2 fully saturated rings. The summed E-state index contributed by atoms with van der Waals surface area (Å²) in [6, 6.07) is 0. The fraction of sp³-hybridized carbons (Fsp3) is 1.00. The normalized spacial score (nSPS) is 37.0. The second kappa shape index (κ2) is 4.58. The number of hydrogen-bond donors (Lipinski definition) is 2. The van der Waals surface area contributed by atoms with Crippen molar-refractivity contribution in [3.05, 3.63) is 0 Å². The summed E-state index contributed by atoms with van der Waals surface area (Å²) in [5, 5.41) is 18.6. The Morgan fingerprint density at radius 2 is 1.88 bits per heavy atom. The average Bonchev–Trinajstić information content (AvgIpc) is 2.78. The summed E-state index contributed by atoms with van der Waals surface area (Å²) >= 11 is 0. The van der Waals surface area contributed by atoms with Gasteiger partial charge in [0.25, 0.3) is 0 Å². The van der Waals surface area contributed by atoms with Gasteiger partial charge in [-0.3, -0.25) is 0 Å². The maximum absolute atomic E-state index is 11.9. The largest absolute Gasteiger partial charge is 0.389 e. The molecule has 6 nitrogen and oxygen atoms in total. The highest BCUT2D eigenvalue weighted by atomic mass is 32.2. The van der Waals surface area contributed by atoms with Gasteiger partial charge in [-0.15, -0.1) is 0 Å². The van der Waals surface area contributed by atoms with Gasteiger partial charge in [0.2, 0.25) is 10.0 Å². The van der Waals surface area contributed by atoms with Crippen molar-refractivity contribution in [1.29, 1.82) is 0 Å². The lowest BCUT2D eigenvalue weighted by Crippen LogP contribution is -2.35. The van der Waals surface area contributed by atoms with Gasteiger partial charge in [-0.25, -0.2) is 8.42 Å². The van der Waals surface area contributed by atoms with E-state index in [-0.39, 0.29) is 24.9 Å². The zero-order valence-electron chi connectivity index (χ0n) is 8.95. The summed E-state index contributed by atoms with van der Waals surface area (Å²) < 4.78 is 30.2. The van der Waals surface area contributed by atoms with Crippen molar-refractivity contribution in [2.24, 2.45) is 0 Å². The predicted octanol–water partition coefficient (Wildman–Crippen LogP) is -1.47. The van der Waals surface area contributed by atoms with E-state index in [2.05, 4.69) is 0 Å². The molecule has 2 aliphatic heterocycles. The Morgan fingerprint density at radius 1 is 1.25 bits per heavy atom. The van der Waals surface area contributed by atoms with Gasteiger partial charge in [0, 0.05) is 19.7 Å². The van der Waals surface area contributed by atoms with E-state index in [1.807, 2.05) is 0 Å². The molecule has 2 rings (SSSR count). The van der Waals surface area contributed by atoms with Gasteiger partial charge < -0.3 is 14.9 Å². The summed E-state index contributed by atoms with van der Waals surface area (Å²) in [5.41, 5.74) is 0. The minimum absolute atomic E-state index is 0.0176. The summed E-state index contributed by atoms with van der Waals surface area (Å²) in [5.74, 6) is -0.0492. The molecule has 0 aromatic rings. The van der Waals surface area contributed by atoms with Crippen LogP contribution in [0.2, 0.25) is 0 Å². The minimum Gasteiger partial charge on any atom is -0.389 e. The summed E-state index contributed by atoms with van der Waals surface area (Å²) in [6.07, 6.45) is -0.526. The molecule has 2 heterocycles. The standard InChI is InChI=1S/C9H17NO5S/c11-8-4-10(5-9(8)12)16(13,14)6-7-2-1-3-15-7/h7-9,11-12H,1-6H2. The molecule has 2 N–H and O–H groups in total. The van der Waals surface area contributed by atoms with Crippen LogP contribution < -0.4 is 0 Å². The van der Waals surface area contributed by atoms with Crippen LogP contribution in [-0.4, -0.2) is 66.7 Å². The van der Waals surface area contributed by atoms with E-state index < -0.39 is 22.2 Å². The van der Waals surface area contributed by atoms with Crippen molar-refractivity contribution in [2.45, 2.75) is 31.2 Å². The number of aliphatic hydroxyl groups is 2. The van der Waals surface area contributed by atoms with Crippen molar-refractivity contribution in [3.63, 3.8) is 0 Å². The molecular formula is C9H17NO5S. The molecule has 2 saturated heterocycles. The van der Waals surface area contributed by atoms with Gasteiger partial charge in [-0.1, -0.05) is 0 Å². The van der Waals surface area contributed by atoms with Gasteiger partial charge in [0.1, 0.15) is 0 Å². The number of rotatable bonds is 3. The third-order valence-corrected chi connectivity index (χ3v) is 4.92. The SMILES string of the molecule is O=S(=O)(CC1CCCO1)N1CC(O)C(O)C1. The summed E-state index contributed by atoms with van der Waals surface area (Å²) in [7, 11) is -3.42. The Morgan fingerprint density at radius 3 is 2.38 bits per heavy atom. The predicted molar refractivity (Wildman–Crippen MR) is 56.3 cm³/mol. The molecule has 3 unspecified atom stereocenters. The lowest BCUT2D eigenvalue weighted by atomic mass is 10.3. The van der Waals surface area contributed by atoms with E-state index in [4.69, 9.17) is 4.74 Å². The quantitative estimate of drug-likeness (QED) is 0.639. The maximum atomic E-state index is 11.9. The van der Waals surface area contributed by atoms with Crippen LogP contribution in [0.15, 0.2) is 0 Å². The highest BCUT2D eigenvalue weighted by Gasteiger charge is 2.38. The number of ether oxygens (including phenoxy) is 1. The third kappa shape index (κ3) is 2.54. The molecule has 0 spiro atoms. The Kier molecular flexibility index (Phi) is 3.50. The van der Waals surface area contributed by atoms with Gasteiger partial charge in [-0.05, 0) is 12.8 Å². The van der Waals surface area contributed by atoms with Gasteiger partial charge in [0.15, 0.2) is 0 Å². The van der Waals surface area contributed by atoms with E-state index in [1.54, 1.807) is 0 Å². The number of sulfonamides is 1. The molecule has 2 aliphatic rings.